The van der Waals surface area contributed by atoms with E-state index in [0.29, 0.717) is 46.3 Å². The molecule has 10 nitrogen and oxygen atoms in total. The maximum absolute atomic E-state index is 13.4. The van der Waals surface area contributed by atoms with Crippen LogP contribution in [-0.2, 0) is 9.53 Å². The molecule has 4 aromatic rings. The number of hydrogen-bond acceptors (Lipinski definition) is 9. The SMILES string of the molecule is CC(=O)Nc1cc(Oc2cnc3nc(Nc4cc(C5CC5)cn([C@@H]5CCCOC5)c4=O)sc3c2)ccn1. The molecule has 1 aliphatic carbocycles. The number of aromatic nitrogens is 4. The third-order valence-electron chi connectivity index (χ3n) is 6.38. The van der Waals surface area contributed by atoms with Crippen molar-refractivity contribution in [2.75, 3.05) is 23.8 Å². The normalized spacial score (nSPS) is 17.5. The van der Waals surface area contributed by atoms with E-state index in [9.17, 15) is 9.59 Å². The molecule has 11 heteroatoms. The number of ether oxygens (including phenoxy) is 2. The van der Waals surface area contributed by atoms with E-state index in [1.54, 1.807) is 24.5 Å². The Hall–Kier alpha value is -3.83. The molecule has 1 saturated carbocycles. The van der Waals surface area contributed by atoms with Crippen LogP contribution in [0.25, 0.3) is 10.3 Å². The Kier molecular flexibility index (Phi) is 6.31. The number of rotatable bonds is 7. The van der Waals surface area contributed by atoms with Gasteiger partial charge in [-0.1, -0.05) is 11.3 Å². The molecule has 2 N–H and O–H groups in total. The lowest BCUT2D eigenvalue weighted by atomic mass is 10.1. The summed E-state index contributed by atoms with van der Waals surface area (Å²) < 4.78 is 14.2. The van der Waals surface area contributed by atoms with Gasteiger partial charge in [-0.05, 0) is 49.3 Å². The third-order valence-corrected chi connectivity index (χ3v) is 7.28. The van der Waals surface area contributed by atoms with Gasteiger partial charge in [-0.25, -0.2) is 9.97 Å². The van der Waals surface area contributed by atoms with Crippen LogP contribution < -0.4 is 20.9 Å². The lowest BCUT2D eigenvalue weighted by Crippen LogP contribution is -2.31. The number of nitrogens with zero attached hydrogens (tertiary/aromatic N) is 4. The highest BCUT2D eigenvalue weighted by Gasteiger charge is 2.27. The maximum atomic E-state index is 13.4. The van der Waals surface area contributed by atoms with E-state index >= 15 is 0 Å². The minimum absolute atomic E-state index is 0.0524. The Labute approximate surface area is 216 Å². The minimum Gasteiger partial charge on any atom is -0.455 e. The molecule has 190 valence electrons. The monoisotopic (exact) mass is 518 g/mol. The van der Waals surface area contributed by atoms with Crippen LogP contribution in [-0.4, -0.2) is 38.6 Å². The van der Waals surface area contributed by atoms with Crippen LogP contribution in [0.15, 0.2) is 47.7 Å². The average molecular weight is 519 g/mol. The zero-order valence-electron chi connectivity index (χ0n) is 20.3. The van der Waals surface area contributed by atoms with Gasteiger partial charge in [-0.15, -0.1) is 0 Å². The summed E-state index contributed by atoms with van der Waals surface area (Å²) in [5, 5.41) is 6.49. The predicted octanol–water partition coefficient (Wildman–Crippen LogP) is 4.97. The Bertz CT molecular complexity index is 1520. The van der Waals surface area contributed by atoms with Gasteiger partial charge in [0.05, 0.1) is 23.5 Å². The Morgan fingerprint density at radius 1 is 1.19 bits per heavy atom. The molecule has 1 saturated heterocycles. The molecule has 2 aliphatic rings. The Balaban J connectivity index is 1.25. The van der Waals surface area contributed by atoms with Crippen LogP contribution in [0.2, 0.25) is 0 Å². The summed E-state index contributed by atoms with van der Waals surface area (Å²) in [6.07, 6.45) is 9.36. The lowest BCUT2D eigenvalue weighted by molar-refractivity contribution is -0.114. The van der Waals surface area contributed by atoms with E-state index in [4.69, 9.17) is 9.47 Å². The van der Waals surface area contributed by atoms with Gasteiger partial charge in [-0.3, -0.25) is 9.59 Å². The van der Waals surface area contributed by atoms with Crippen LogP contribution in [0, 0.1) is 0 Å². The van der Waals surface area contributed by atoms with Crippen LogP contribution in [0.4, 0.5) is 16.6 Å². The van der Waals surface area contributed by atoms with Gasteiger partial charge < -0.3 is 24.7 Å². The molecule has 6 rings (SSSR count). The van der Waals surface area contributed by atoms with E-state index in [2.05, 4.69) is 25.6 Å². The smallest absolute Gasteiger partial charge is 0.274 e. The van der Waals surface area contributed by atoms with Crippen molar-refractivity contribution in [1.29, 1.82) is 0 Å². The average Bonchev–Trinajstić information content (AvgIpc) is 3.66. The van der Waals surface area contributed by atoms with Gasteiger partial charge >= 0.3 is 0 Å². The van der Waals surface area contributed by atoms with Gasteiger partial charge in [-0.2, -0.15) is 4.98 Å². The van der Waals surface area contributed by atoms with Crippen molar-refractivity contribution in [2.45, 2.75) is 44.6 Å². The van der Waals surface area contributed by atoms with Crippen LogP contribution in [0.3, 0.4) is 0 Å². The molecule has 37 heavy (non-hydrogen) atoms. The molecule has 1 aliphatic heterocycles. The van der Waals surface area contributed by atoms with Crippen molar-refractivity contribution in [3.05, 3.63) is 58.8 Å². The highest BCUT2D eigenvalue weighted by Crippen LogP contribution is 2.41. The minimum atomic E-state index is -0.209. The van der Waals surface area contributed by atoms with E-state index in [1.807, 2.05) is 22.9 Å². The van der Waals surface area contributed by atoms with Crippen molar-refractivity contribution < 1.29 is 14.3 Å². The molecule has 1 atom stereocenters. The number of carbonyl (C=O) groups is 1. The van der Waals surface area contributed by atoms with Gasteiger partial charge in [0.25, 0.3) is 5.56 Å². The van der Waals surface area contributed by atoms with Gasteiger partial charge in [0.2, 0.25) is 5.91 Å². The molecular weight excluding hydrogens is 492 g/mol. The first-order chi connectivity index (χ1) is 18.0. The third kappa shape index (κ3) is 5.32. The molecule has 0 aromatic carbocycles. The van der Waals surface area contributed by atoms with E-state index in [-0.39, 0.29) is 17.5 Å². The summed E-state index contributed by atoms with van der Waals surface area (Å²) in [7, 11) is 0. The highest BCUT2D eigenvalue weighted by molar-refractivity contribution is 7.22. The van der Waals surface area contributed by atoms with E-state index in [0.717, 1.165) is 37.0 Å². The topological polar surface area (TPSA) is 120 Å². The van der Waals surface area contributed by atoms with E-state index in [1.165, 1.54) is 23.8 Å². The molecular formula is C26H26N6O4S. The molecule has 0 bridgehead atoms. The summed E-state index contributed by atoms with van der Waals surface area (Å²) in [5.74, 6) is 1.75. The fourth-order valence-corrected chi connectivity index (χ4v) is 5.32. The van der Waals surface area contributed by atoms with Crippen molar-refractivity contribution in [3.63, 3.8) is 0 Å². The summed E-state index contributed by atoms with van der Waals surface area (Å²) in [4.78, 5) is 37.8. The Morgan fingerprint density at radius 2 is 2.08 bits per heavy atom. The first-order valence-corrected chi connectivity index (χ1v) is 13.1. The summed E-state index contributed by atoms with van der Waals surface area (Å²) in [5.41, 5.74) is 2.20. The number of nitrogens with one attached hydrogen (secondary N) is 2. The molecule has 0 spiro atoms. The van der Waals surface area contributed by atoms with Crippen molar-refractivity contribution in [3.8, 4) is 11.5 Å². The van der Waals surface area contributed by atoms with Gasteiger partial charge in [0, 0.05) is 38.1 Å². The Morgan fingerprint density at radius 3 is 2.86 bits per heavy atom. The summed E-state index contributed by atoms with van der Waals surface area (Å²) in [6, 6.07) is 7.20. The quantitative estimate of drug-likeness (QED) is 0.352. The second-order valence-corrected chi connectivity index (χ2v) is 10.4. The van der Waals surface area contributed by atoms with E-state index < -0.39 is 0 Å². The number of fused-ring (bicyclic) bond motifs is 1. The second kappa shape index (κ2) is 9.91. The zero-order valence-corrected chi connectivity index (χ0v) is 21.1. The molecule has 4 aromatic heterocycles. The number of amides is 1. The van der Waals surface area contributed by atoms with Crippen LogP contribution >= 0.6 is 11.3 Å². The summed E-state index contributed by atoms with van der Waals surface area (Å²) in [6.45, 7) is 2.73. The standard InChI is InChI=1S/C26H26N6O4S/c1-15(33)29-23-11-19(6-7-27-23)36-20-10-22-24(28-12-20)31-26(37-22)30-21-9-17(16-4-5-16)13-32(25(21)34)18-3-2-8-35-14-18/h6-7,9-13,16,18H,2-5,8,14H2,1H3,(H,27,29,33)(H,28,30,31)/t18-/m1/s1. The number of pyridine rings is 3. The molecule has 1 amide bonds. The summed E-state index contributed by atoms with van der Waals surface area (Å²) >= 11 is 1.40. The highest BCUT2D eigenvalue weighted by atomic mass is 32.1. The number of thiazole rings is 1. The molecule has 0 radical (unpaired) electrons. The molecule has 0 unspecified atom stereocenters. The van der Waals surface area contributed by atoms with Crippen molar-refractivity contribution in [2.24, 2.45) is 0 Å². The zero-order chi connectivity index (χ0) is 25.4. The first-order valence-electron chi connectivity index (χ1n) is 12.3. The first kappa shape index (κ1) is 23.6. The van der Waals surface area contributed by atoms with Crippen LogP contribution in [0.1, 0.15) is 50.1 Å². The number of anilines is 3. The van der Waals surface area contributed by atoms with Gasteiger partial charge in [0.15, 0.2) is 10.8 Å². The maximum Gasteiger partial charge on any atom is 0.274 e. The lowest BCUT2D eigenvalue weighted by Gasteiger charge is -2.25. The molecule has 2 fully saturated rings. The second-order valence-electron chi connectivity index (χ2n) is 9.34. The number of carbonyl (C=O) groups excluding carboxylic acids is 1. The largest absolute Gasteiger partial charge is 0.455 e. The van der Waals surface area contributed by atoms with Crippen LogP contribution in [0.5, 0.6) is 11.5 Å². The van der Waals surface area contributed by atoms with Crippen molar-refractivity contribution >= 4 is 44.2 Å². The number of hydrogen-bond donors (Lipinski definition) is 2. The fraction of sp³-hybridized carbons (Fsp3) is 0.346. The fourth-order valence-electron chi connectivity index (χ4n) is 4.45. The molecule has 5 heterocycles. The van der Waals surface area contributed by atoms with Gasteiger partial charge in [0.1, 0.15) is 23.0 Å². The van der Waals surface area contributed by atoms with Crippen molar-refractivity contribution in [1.82, 2.24) is 19.5 Å². The predicted molar refractivity (Wildman–Crippen MR) is 141 cm³/mol.